The lowest BCUT2D eigenvalue weighted by molar-refractivity contribution is 0.0784. The second-order valence-corrected chi connectivity index (χ2v) is 5.43. The molecule has 0 aliphatic rings. The Balaban J connectivity index is 2.69. The number of nitrogens with two attached hydrogens (primary N) is 1. The van der Waals surface area contributed by atoms with E-state index >= 15 is 0 Å². The average Bonchev–Trinajstić information content (AvgIpc) is 2.37. The predicted molar refractivity (Wildman–Crippen MR) is 75.8 cm³/mol. The zero-order chi connectivity index (χ0) is 14.6. The number of halogens is 2. The fraction of sp³-hybridized carbons (Fsp3) is 0.500. The van der Waals surface area contributed by atoms with Crippen molar-refractivity contribution in [3.8, 4) is 0 Å². The van der Waals surface area contributed by atoms with Gasteiger partial charge in [-0.25, -0.2) is 4.39 Å². The first-order chi connectivity index (χ1) is 8.84. The first-order valence-corrected chi connectivity index (χ1v) is 6.67. The first-order valence-electron chi connectivity index (χ1n) is 6.29. The van der Waals surface area contributed by atoms with Gasteiger partial charge in [-0.1, -0.05) is 31.5 Å². The van der Waals surface area contributed by atoms with Crippen LogP contribution in [0.1, 0.15) is 30.6 Å². The highest BCUT2D eigenvalue weighted by molar-refractivity contribution is 6.31. The molecule has 2 N–H and O–H groups in total. The van der Waals surface area contributed by atoms with E-state index in [1.54, 1.807) is 13.1 Å². The number of rotatable bonds is 5. The minimum atomic E-state index is -0.672. The molecule has 1 atom stereocenters. The molecule has 5 heteroatoms. The van der Waals surface area contributed by atoms with Gasteiger partial charge in [0.1, 0.15) is 0 Å². The molecule has 1 aromatic carbocycles. The third kappa shape index (κ3) is 4.18. The van der Waals surface area contributed by atoms with E-state index in [9.17, 15) is 9.18 Å². The maximum Gasteiger partial charge on any atom is 0.256 e. The lowest BCUT2D eigenvalue weighted by Gasteiger charge is -2.21. The van der Waals surface area contributed by atoms with Crippen LogP contribution in [-0.2, 0) is 0 Å². The van der Waals surface area contributed by atoms with Crippen LogP contribution in [0.4, 0.5) is 4.39 Å². The largest absolute Gasteiger partial charge is 0.342 e. The third-order valence-electron chi connectivity index (χ3n) is 3.18. The molecule has 0 spiro atoms. The Morgan fingerprint density at radius 2 is 2.11 bits per heavy atom. The number of hydrogen-bond acceptors (Lipinski definition) is 2. The van der Waals surface area contributed by atoms with Crippen LogP contribution in [0.2, 0.25) is 5.02 Å². The molecule has 1 amide bonds. The standard InChI is InChI=1S/C14H20ClFN2O/c1-9(2)12(17)7-8-18(3)14(19)10-5-4-6-11(15)13(10)16/h4-6,9,12H,7-8,17H2,1-3H3. The molecule has 1 unspecified atom stereocenters. The molecule has 106 valence electrons. The van der Waals surface area contributed by atoms with E-state index < -0.39 is 5.82 Å². The summed E-state index contributed by atoms with van der Waals surface area (Å²) in [5.74, 6) is -0.698. The number of hydrogen-bond donors (Lipinski definition) is 1. The van der Waals surface area contributed by atoms with Crippen LogP contribution in [0.3, 0.4) is 0 Å². The summed E-state index contributed by atoms with van der Waals surface area (Å²) in [6.07, 6.45) is 0.683. The van der Waals surface area contributed by atoms with Crippen molar-refractivity contribution in [3.05, 3.63) is 34.6 Å². The quantitative estimate of drug-likeness (QED) is 0.905. The van der Waals surface area contributed by atoms with Crippen LogP contribution in [-0.4, -0.2) is 30.4 Å². The zero-order valence-corrected chi connectivity index (χ0v) is 12.2. The normalized spacial score (nSPS) is 12.6. The maximum absolute atomic E-state index is 13.7. The van der Waals surface area contributed by atoms with Gasteiger partial charge in [0, 0.05) is 19.6 Å². The zero-order valence-electron chi connectivity index (χ0n) is 11.5. The fourth-order valence-corrected chi connectivity index (χ4v) is 1.83. The van der Waals surface area contributed by atoms with Crippen molar-refractivity contribution < 1.29 is 9.18 Å². The molecular formula is C14H20ClFN2O. The number of carbonyl (C=O) groups excluding carboxylic acids is 1. The lowest BCUT2D eigenvalue weighted by atomic mass is 10.0. The van der Waals surface area contributed by atoms with Crippen LogP contribution in [0.5, 0.6) is 0 Å². The summed E-state index contributed by atoms with van der Waals surface area (Å²) in [6, 6.07) is 4.44. The maximum atomic E-state index is 13.7. The van der Waals surface area contributed by atoms with Crippen molar-refractivity contribution in [1.29, 1.82) is 0 Å². The Bertz CT molecular complexity index is 451. The Labute approximate surface area is 118 Å². The summed E-state index contributed by atoms with van der Waals surface area (Å²) in [7, 11) is 1.63. The Kier molecular flexibility index (Phi) is 5.76. The molecular weight excluding hydrogens is 267 g/mol. The molecule has 0 aromatic heterocycles. The second kappa shape index (κ2) is 6.87. The molecule has 0 aliphatic heterocycles. The van der Waals surface area contributed by atoms with E-state index in [1.165, 1.54) is 17.0 Å². The molecule has 0 radical (unpaired) electrons. The van der Waals surface area contributed by atoms with Gasteiger partial charge in [-0.3, -0.25) is 4.79 Å². The second-order valence-electron chi connectivity index (χ2n) is 5.02. The Morgan fingerprint density at radius 1 is 1.47 bits per heavy atom. The van der Waals surface area contributed by atoms with E-state index in [0.717, 1.165) is 0 Å². The summed E-state index contributed by atoms with van der Waals surface area (Å²) < 4.78 is 13.7. The van der Waals surface area contributed by atoms with E-state index in [-0.39, 0.29) is 22.5 Å². The van der Waals surface area contributed by atoms with Gasteiger partial charge >= 0.3 is 0 Å². The number of amides is 1. The van der Waals surface area contributed by atoms with Gasteiger partial charge in [-0.2, -0.15) is 0 Å². The van der Waals surface area contributed by atoms with E-state index in [2.05, 4.69) is 0 Å². The molecule has 0 bridgehead atoms. The van der Waals surface area contributed by atoms with Gasteiger partial charge < -0.3 is 10.6 Å². The highest BCUT2D eigenvalue weighted by atomic mass is 35.5. The van der Waals surface area contributed by atoms with Crippen molar-refractivity contribution in [2.45, 2.75) is 26.3 Å². The van der Waals surface area contributed by atoms with E-state index in [4.69, 9.17) is 17.3 Å². The number of carbonyl (C=O) groups is 1. The van der Waals surface area contributed by atoms with E-state index in [1.807, 2.05) is 13.8 Å². The topological polar surface area (TPSA) is 46.3 Å². The van der Waals surface area contributed by atoms with Crippen molar-refractivity contribution in [1.82, 2.24) is 4.90 Å². The molecule has 0 saturated carbocycles. The molecule has 1 aromatic rings. The van der Waals surface area contributed by atoms with Gasteiger partial charge in [0.05, 0.1) is 10.6 Å². The molecule has 0 heterocycles. The van der Waals surface area contributed by atoms with E-state index in [0.29, 0.717) is 18.9 Å². The highest BCUT2D eigenvalue weighted by Gasteiger charge is 2.18. The van der Waals surface area contributed by atoms with Gasteiger partial charge in [-0.15, -0.1) is 0 Å². The molecule has 3 nitrogen and oxygen atoms in total. The van der Waals surface area contributed by atoms with Gasteiger partial charge in [0.15, 0.2) is 5.82 Å². The van der Waals surface area contributed by atoms with Crippen molar-refractivity contribution >= 4 is 17.5 Å². The minimum Gasteiger partial charge on any atom is -0.342 e. The smallest absolute Gasteiger partial charge is 0.256 e. The summed E-state index contributed by atoms with van der Waals surface area (Å²) in [5.41, 5.74) is 5.92. The van der Waals surface area contributed by atoms with Crippen molar-refractivity contribution in [2.75, 3.05) is 13.6 Å². The third-order valence-corrected chi connectivity index (χ3v) is 3.47. The highest BCUT2D eigenvalue weighted by Crippen LogP contribution is 2.19. The van der Waals surface area contributed by atoms with Crippen LogP contribution in [0.25, 0.3) is 0 Å². The minimum absolute atomic E-state index is 0.00637. The number of nitrogens with zero attached hydrogens (tertiary/aromatic N) is 1. The lowest BCUT2D eigenvalue weighted by Crippen LogP contribution is -2.35. The average molecular weight is 287 g/mol. The van der Waals surface area contributed by atoms with Crippen molar-refractivity contribution in [3.63, 3.8) is 0 Å². The fourth-order valence-electron chi connectivity index (χ4n) is 1.65. The molecule has 19 heavy (non-hydrogen) atoms. The summed E-state index contributed by atoms with van der Waals surface area (Å²) in [4.78, 5) is 13.6. The summed E-state index contributed by atoms with van der Waals surface area (Å²) in [5, 5.41) is -0.0434. The summed E-state index contributed by atoms with van der Waals surface area (Å²) >= 11 is 5.67. The summed E-state index contributed by atoms with van der Waals surface area (Å²) in [6.45, 7) is 4.55. The van der Waals surface area contributed by atoms with Gasteiger partial charge in [-0.05, 0) is 24.5 Å². The van der Waals surface area contributed by atoms with Gasteiger partial charge in [0.25, 0.3) is 5.91 Å². The molecule has 0 saturated heterocycles. The van der Waals surface area contributed by atoms with Crippen LogP contribution >= 0.6 is 11.6 Å². The van der Waals surface area contributed by atoms with Crippen molar-refractivity contribution in [2.24, 2.45) is 11.7 Å². The molecule has 1 rings (SSSR count). The van der Waals surface area contributed by atoms with Crippen LogP contribution in [0.15, 0.2) is 18.2 Å². The van der Waals surface area contributed by atoms with Gasteiger partial charge in [0.2, 0.25) is 0 Å². The predicted octanol–water partition coefficient (Wildman–Crippen LogP) is 2.92. The SMILES string of the molecule is CC(C)C(N)CCN(C)C(=O)c1cccc(Cl)c1F. The Morgan fingerprint density at radius 3 is 2.68 bits per heavy atom. The molecule has 0 aliphatic carbocycles. The number of benzene rings is 1. The first kappa shape index (κ1) is 15.9. The van der Waals surface area contributed by atoms with Crippen LogP contribution < -0.4 is 5.73 Å². The molecule has 0 fully saturated rings. The van der Waals surface area contributed by atoms with Crippen LogP contribution in [0, 0.1) is 11.7 Å². The monoisotopic (exact) mass is 286 g/mol. The Hall–Kier alpha value is -1.13.